The predicted molar refractivity (Wildman–Crippen MR) is 88.6 cm³/mol. The van der Waals surface area contributed by atoms with Gasteiger partial charge >= 0.3 is 0 Å². The third kappa shape index (κ3) is 2.36. The summed E-state index contributed by atoms with van der Waals surface area (Å²) in [4.78, 5) is 30.3. The highest BCUT2D eigenvalue weighted by Crippen LogP contribution is 2.48. The summed E-state index contributed by atoms with van der Waals surface area (Å²) in [6.07, 6.45) is 3.65. The largest absolute Gasteiger partial charge is 0.333 e. The monoisotopic (exact) mass is 336 g/mol. The van der Waals surface area contributed by atoms with E-state index in [-0.39, 0.29) is 22.7 Å². The molecule has 3 heterocycles. The Balaban J connectivity index is 1.55. The maximum Gasteiger partial charge on any atom is 0.246 e. The Hall–Kier alpha value is -1.01. The van der Waals surface area contributed by atoms with E-state index in [2.05, 4.69) is 18.4 Å². The first-order valence-electron chi connectivity index (χ1n) is 7.87. The molecule has 2 saturated heterocycles. The molecule has 0 unspecified atom stereocenters. The zero-order valence-corrected chi connectivity index (χ0v) is 14.3. The zero-order chi connectivity index (χ0) is 15.3. The van der Waals surface area contributed by atoms with Crippen molar-refractivity contribution in [3.8, 4) is 0 Å². The van der Waals surface area contributed by atoms with Crippen molar-refractivity contribution in [2.75, 3.05) is 5.75 Å². The summed E-state index contributed by atoms with van der Waals surface area (Å²) in [5.41, 5.74) is 0. The molecular weight excluding hydrogens is 316 g/mol. The van der Waals surface area contributed by atoms with Crippen molar-refractivity contribution in [2.45, 2.75) is 56.1 Å². The summed E-state index contributed by atoms with van der Waals surface area (Å²) in [5, 5.41) is 2.05. The van der Waals surface area contributed by atoms with Crippen LogP contribution in [0.3, 0.4) is 0 Å². The average molecular weight is 336 g/mol. The van der Waals surface area contributed by atoms with Crippen molar-refractivity contribution in [3.63, 3.8) is 0 Å². The van der Waals surface area contributed by atoms with E-state index in [1.54, 1.807) is 23.1 Å². The maximum atomic E-state index is 13.1. The van der Waals surface area contributed by atoms with Crippen LogP contribution < -0.4 is 0 Å². The Kier molecular flexibility index (Phi) is 3.49. The highest BCUT2D eigenvalue weighted by molar-refractivity contribution is 8.01. The Labute approximate surface area is 138 Å². The third-order valence-corrected chi connectivity index (χ3v) is 7.27. The molecule has 3 fully saturated rings. The van der Waals surface area contributed by atoms with E-state index in [0.717, 1.165) is 25.0 Å². The number of hydrogen-bond donors (Lipinski definition) is 0. The van der Waals surface area contributed by atoms with Gasteiger partial charge in [-0.2, -0.15) is 0 Å². The van der Waals surface area contributed by atoms with Gasteiger partial charge in [0.05, 0.1) is 11.4 Å². The molecule has 1 aliphatic carbocycles. The third-order valence-electron chi connectivity index (χ3n) is 4.91. The Morgan fingerprint density at radius 2 is 2.32 bits per heavy atom. The first-order valence-corrected chi connectivity index (χ1v) is 9.74. The lowest BCUT2D eigenvalue weighted by atomic mass is 10.2. The number of thiophene rings is 1. The molecule has 0 radical (unpaired) electrons. The molecule has 3 aliphatic rings. The summed E-state index contributed by atoms with van der Waals surface area (Å²) >= 11 is 3.47. The van der Waals surface area contributed by atoms with E-state index in [0.29, 0.717) is 19.0 Å². The number of hydrogen-bond acceptors (Lipinski definition) is 4. The molecule has 2 amide bonds. The van der Waals surface area contributed by atoms with Gasteiger partial charge < -0.3 is 9.80 Å². The SMILES string of the molecule is C[C@]12CCC(=O)N1[C@@H](C(=O)N(Cc1cccs1)C1CC1)CS2. The summed E-state index contributed by atoms with van der Waals surface area (Å²) in [5.74, 6) is 1.05. The average Bonchev–Trinajstić information content (AvgIpc) is 2.96. The van der Waals surface area contributed by atoms with Crippen LogP contribution in [0, 0.1) is 0 Å². The van der Waals surface area contributed by atoms with Gasteiger partial charge in [-0.3, -0.25) is 9.59 Å². The van der Waals surface area contributed by atoms with E-state index in [4.69, 9.17) is 0 Å². The van der Waals surface area contributed by atoms with Gasteiger partial charge in [-0.05, 0) is 37.6 Å². The molecule has 2 aliphatic heterocycles. The predicted octanol–water partition coefficient (Wildman–Crippen LogP) is 2.69. The van der Waals surface area contributed by atoms with Crippen LogP contribution in [-0.4, -0.2) is 44.3 Å². The van der Waals surface area contributed by atoms with Crippen LogP contribution in [0.1, 0.15) is 37.5 Å². The summed E-state index contributed by atoms with van der Waals surface area (Å²) in [7, 11) is 0. The van der Waals surface area contributed by atoms with E-state index >= 15 is 0 Å². The van der Waals surface area contributed by atoms with Crippen molar-refractivity contribution < 1.29 is 9.59 Å². The molecule has 1 aromatic rings. The molecule has 0 bridgehead atoms. The standard InChI is InChI=1S/C16H20N2O2S2/c1-16-7-6-14(19)18(16)13(10-22-16)15(20)17(11-4-5-11)9-12-3-2-8-21-12/h2-3,8,11,13H,4-7,9-10H2,1H3/t13-,16+/m1/s1. The van der Waals surface area contributed by atoms with Gasteiger partial charge in [0.15, 0.2) is 0 Å². The maximum absolute atomic E-state index is 13.1. The molecule has 4 nitrogen and oxygen atoms in total. The number of carbonyl (C=O) groups is 2. The Morgan fingerprint density at radius 3 is 3.00 bits per heavy atom. The van der Waals surface area contributed by atoms with Crippen molar-refractivity contribution in [1.82, 2.24) is 9.80 Å². The van der Waals surface area contributed by atoms with Crippen molar-refractivity contribution in [1.29, 1.82) is 0 Å². The van der Waals surface area contributed by atoms with Crippen LogP contribution in [0.5, 0.6) is 0 Å². The van der Waals surface area contributed by atoms with E-state index in [9.17, 15) is 9.59 Å². The molecule has 0 spiro atoms. The molecule has 1 saturated carbocycles. The lowest BCUT2D eigenvalue weighted by Crippen LogP contribution is -2.51. The summed E-state index contributed by atoms with van der Waals surface area (Å²) in [6.45, 7) is 2.80. The first-order chi connectivity index (χ1) is 10.6. The number of nitrogens with zero attached hydrogens (tertiary/aromatic N) is 2. The molecule has 2 atom stereocenters. The highest BCUT2D eigenvalue weighted by atomic mass is 32.2. The zero-order valence-electron chi connectivity index (χ0n) is 12.7. The fourth-order valence-corrected chi connectivity index (χ4v) is 5.66. The van der Waals surface area contributed by atoms with E-state index in [1.165, 1.54) is 4.88 Å². The minimum Gasteiger partial charge on any atom is -0.333 e. The van der Waals surface area contributed by atoms with Crippen molar-refractivity contribution in [3.05, 3.63) is 22.4 Å². The lowest BCUT2D eigenvalue weighted by molar-refractivity contribution is -0.144. The molecule has 118 valence electrons. The molecule has 6 heteroatoms. The van der Waals surface area contributed by atoms with Gasteiger partial charge in [-0.1, -0.05) is 6.07 Å². The van der Waals surface area contributed by atoms with Crippen LogP contribution in [-0.2, 0) is 16.1 Å². The number of fused-ring (bicyclic) bond motifs is 1. The van der Waals surface area contributed by atoms with Crippen LogP contribution in [0.2, 0.25) is 0 Å². The Bertz CT molecular complexity index is 599. The Morgan fingerprint density at radius 1 is 1.50 bits per heavy atom. The van der Waals surface area contributed by atoms with Crippen molar-refractivity contribution in [2.24, 2.45) is 0 Å². The quantitative estimate of drug-likeness (QED) is 0.849. The number of thioether (sulfide) groups is 1. The fourth-order valence-electron chi connectivity index (χ4n) is 3.54. The van der Waals surface area contributed by atoms with Gasteiger partial charge in [0.25, 0.3) is 0 Å². The molecule has 1 aromatic heterocycles. The van der Waals surface area contributed by atoms with E-state index < -0.39 is 0 Å². The minimum atomic E-state index is -0.259. The first kappa shape index (κ1) is 14.6. The van der Waals surface area contributed by atoms with Crippen LogP contribution in [0.4, 0.5) is 0 Å². The van der Waals surface area contributed by atoms with Gasteiger partial charge in [-0.25, -0.2) is 0 Å². The second-order valence-corrected chi connectivity index (χ2v) is 9.08. The van der Waals surface area contributed by atoms with Crippen LogP contribution >= 0.6 is 23.1 Å². The topological polar surface area (TPSA) is 40.6 Å². The van der Waals surface area contributed by atoms with Gasteiger partial charge in [0, 0.05) is 23.1 Å². The molecule has 22 heavy (non-hydrogen) atoms. The summed E-state index contributed by atoms with van der Waals surface area (Å²) in [6, 6.07) is 4.24. The van der Waals surface area contributed by atoms with Gasteiger partial charge in [0.2, 0.25) is 11.8 Å². The second-order valence-electron chi connectivity index (χ2n) is 6.54. The molecule has 0 aromatic carbocycles. The van der Waals surface area contributed by atoms with Crippen LogP contribution in [0.15, 0.2) is 17.5 Å². The van der Waals surface area contributed by atoms with Crippen LogP contribution in [0.25, 0.3) is 0 Å². The number of carbonyl (C=O) groups excluding carboxylic acids is 2. The number of amides is 2. The highest BCUT2D eigenvalue weighted by Gasteiger charge is 2.54. The van der Waals surface area contributed by atoms with Crippen molar-refractivity contribution >= 4 is 34.9 Å². The minimum absolute atomic E-state index is 0.151. The summed E-state index contributed by atoms with van der Waals surface area (Å²) < 4.78 is 0. The normalized spacial score (nSPS) is 30.7. The lowest BCUT2D eigenvalue weighted by Gasteiger charge is -2.33. The van der Waals surface area contributed by atoms with E-state index in [1.807, 2.05) is 15.9 Å². The molecular formula is C16H20N2O2S2. The van der Waals surface area contributed by atoms with Gasteiger partial charge in [-0.15, -0.1) is 23.1 Å². The second kappa shape index (κ2) is 5.27. The number of rotatable bonds is 4. The van der Waals surface area contributed by atoms with Gasteiger partial charge in [0.1, 0.15) is 6.04 Å². The smallest absolute Gasteiger partial charge is 0.246 e. The molecule has 0 N–H and O–H groups in total. The fraction of sp³-hybridized carbons (Fsp3) is 0.625. The molecule has 4 rings (SSSR count).